The summed E-state index contributed by atoms with van der Waals surface area (Å²) in [5.74, 6) is -0.0847. The number of carbonyl (C=O) groups is 1. The number of hydrogen-bond acceptors (Lipinski definition) is 4. The summed E-state index contributed by atoms with van der Waals surface area (Å²) in [4.78, 5) is 29.4. The number of carboxylic acid groups (broad SMARTS) is 1. The molecule has 3 aromatic rings. The van der Waals surface area contributed by atoms with Crippen LogP contribution in [0.15, 0.2) is 53.3 Å². The fourth-order valence-electron chi connectivity index (χ4n) is 3.92. The lowest BCUT2D eigenvalue weighted by Crippen LogP contribution is -2.29. The van der Waals surface area contributed by atoms with Crippen LogP contribution in [0.3, 0.4) is 0 Å². The Labute approximate surface area is 162 Å². The second-order valence-electron chi connectivity index (χ2n) is 7.15. The van der Waals surface area contributed by atoms with Gasteiger partial charge in [0.25, 0.3) is 5.56 Å². The molecule has 0 saturated carbocycles. The van der Waals surface area contributed by atoms with Gasteiger partial charge in [-0.25, -0.2) is 4.98 Å². The second-order valence-corrected chi connectivity index (χ2v) is 7.15. The van der Waals surface area contributed by atoms with Gasteiger partial charge < -0.3 is 10.4 Å². The van der Waals surface area contributed by atoms with E-state index in [0.717, 1.165) is 36.5 Å². The van der Waals surface area contributed by atoms with Crippen LogP contribution in [0.5, 0.6) is 0 Å². The smallest absolute Gasteiger partial charge is 0.303 e. The molecular weight excluding hydrogens is 354 g/mol. The first kappa shape index (κ1) is 18.4. The minimum Gasteiger partial charge on any atom is -0.481 e. The quantitative estimate of drug-likeness (QED) is 0.689. The summed E-state index contributed by atoms with van der Waals surface area (Å²) >= 11 is 0. The number of rotatable bonds is 6. The lowest BCUT2D eigenvalue weighted by Gasteiger charge is -2.19. The third-order valence-corrected chi connectivity index (χ3v) is 5.23. The molecule has 1 aliphatic heterocycles. The molecule has 0 radical (unpaired) electrons. The van der Waals surface area contributed by atoms with Crippen molar-refractivity contribution in [1.82, 2.24) is 14.9 Å². The fraction of sp³-hybridized carbons (Fsp3) is 0.318. The first-order chi connectivity index (χ1) is 13.6. The normalized spacial score (nSPS) is 16.5. The number of benzene rings is 2. The minimum atomic E-state index is -0.824. The van der Waals surface area contributed by atoms with Crippen LogP contribution in [0.2, 0.25) is 0 Å². The van der Waals surface area contributed by atoms with Gasteiger partial charge >= 0.3 is 5.97 Å². The summed E-state index contributed by atoms with van der Waals surface area (Å²) in [7, 11) is 0. The average Bonchev–Trinajstić information content (AvgIpc) is 3.23. The molecule has 0 amide bonds. The highest BCUT2D eigenvalue weighted by Crippen LogP contribution is 2.25. The lowest BCUT2D eigenvalue weighted by molar-refractivity contribution is -0.137. The van der Waals surface area contributed by atoms with Gasteiger partial charge in [-0.2, -0.15) is 0 Å². The van der Waals surface area contributed by atoms with E-state index in [1.807, 2.05) is 48.5 Å². The molecule has 0 bridgehead atoms. The standard InChI is InChI=1S/C22H23N3O3/c26-19(27)13-5-8-15-7-4-11-17-20(15)22(28)25(16-9-2-1-3-10-16)21(24-17)18-12-6-14-23-18/h1-4,7,9-11,18,23H,5-6,8,12-14H2,(H,26,27)/t18-/m0/s1. The van der Waals surface area contributed by atoms with E-state index >= 15 is 0 Å². The highest BCUT2D eigenvalue weighted by atomic mass is 16.4. The van der Waals surface area contributed by atoms with E-state index < -0.39 is 5.97 Å². The number of para-hydroxylation sites is 1. The van der Waals surface area contributed by atoms with Crippen molar-refractivity contribution in [3.8, 4) is 5.69 Å². The molecule has 2 heterocycles. The Morgan fingerprint density at radius 2 is 2.00 bits per heavy atom. The number of aliphatic carboxylic acids is 1. The van der Waals surface area contributed by atoms with Gasteiger partial charge in [0.15, 0.2) is 0 Å². The van der Waals surface area contributed by atoms with Gasteiger partial charge in [0.1, 0.15) is 5.82 Å². The topological polar surface area (TPSA) is 84.2 Å². The molecule has 1 fully saturated rings. The van der Waals surface area contributed by atoms with E-state index in [1.54, 1.807) is 4.57 Å². The molecule has 1 aliphatic rings. The van der Waals surface area contributed by atoms with Crippen molar-refractivity contribution in [2.24, 2.45) is 0 Å². The Morgan fingerprint density at radius 1 is 1.18 bits per heavy atom. The molecule has 0 spiro atoms. The Hall–Kier alpha value is -2.99. The molecule has 1 aromatic heterocycles. The molecule has 1 atom stereocenters. The van der Waals surface area contributed by atoms with E-state index in [0.29, 0.717) is 23.7 Å². The van der Waals surface area contributed by atoms with E-state index in [2.05, 4.69) is 5.32 Å². The van der Waals surface area contributed by atoms with Crippen LogP contribution in [0.25, 0.3) is 16.6 Å². The number of fused-ring (bicyclic) bond motifs is 1. The van der Waals surface area contributed by atoms with Gasteiger partial charge in [-0.1, -0.05) is 30.3 Å². The molecule has 144 valence electrons. The van der Waals surface area contributed by atoms with Gasteiger partial charge in [-0.3, -0.25) is 14.2 Å². The summed E-state index contributed by atoms with van der Waals surface area (Å²) in [6.45, 7) is 0.919. The number of nitrogens with zero attached hydrogens (tertiary/aromatic N) is 2. The van der Waals surface area contributed by atoms with Crippen molar-refractivity contribution < 1.29 is 9.90 Å². The molecular formula is C22H23N3O3. The van der Waals surface area contributed by atoms with Crippen LogP contribution < -0.4 is 10.9 Å². The zero-order valence-electron chi connectivity index (χ0n) is 15.6. The number of nitrogens with one attached hydrogen (secondary N) is 1. The first-order valence-corrected chi connectivity index (χ1v) is 9.70. The van der Waals surface area contributed by atoms with Crippen LogP contribution in [-0.4, -0.2) is 27.2 Å². The van der Waals surface area contributed by atoms with E-state index in [9.17, 15) is 9.59 Å². The van der Waals surface area contributed by atoms with Crippen molar-refractivity contribution in [1.29, 1.82) is 0 Å². The third-order valence-electron chi connectivity index (χ3n) is 5.23. The van der Waals surface area contributed by atoms with Crippen LogP contribution in [0, 0.1) is 0 Å². The fourth-order valence-corrected chi connectivity index (χ4v) is 3.92. The monoisotopic (exact) mass is 377 g/mol. The highest BCUT2D eigenvalue weighted by molar-refractivity contribution is 5.82. The van der Waals surface area contributed by atoms with E-state index in [4.69, 9.17) is 10.1 Å². The Bertz CT molecular complexity index is 1050. The summed E-state index contributed by atoms with van der Waals surface area (Å²) < 4.78 is 1.71. The maximum Gasteiger partial charge on any atom is 0.303 e. The molecule has 0 unspecified atom stereocenters. The predicted octanol–water partition coefficient (Wildman–Crippen LogP) is 3.22. The van der Waals surface area contributed by atoms with Gasteiger partial charge in [0.05, 0.1) is 22.6 Å². The van der Waals surface area contributed by atoms with E-state index in [1.165, 1.54) is 0 Å². The van der Waals surface area contributed by atoms with Gasteiger partial charge in [0, 0.05) is 6.42 Å². The molecule has 6 heteroatoms. The van der Waals surface area contributed by atoms with Crippen molar-refractivity contribution in [2.75, 3.05) is 6.54 Å². The molecule has 28 heavy (non-hydrogen) atoms. The molecule has 4 rings (SSSR count). The number of aromatic nitrogens is 2. The summed E-state index contributed by atoms with van der Waals surface area (Å²) in [5.41, 5.74) is 2.23. The Morgan fingerprint density at radius 3 is 2.71 bits per heavy atom. The number of aryl methyl sites for hydroxylation is 1. The molecule has 0 aliphatic carbocycles. The van der Waals surface area contributed by atoms with Gasteiger partial charge in [-0.15, -0.1) is 0 Å². The summed E-state index contributed by atoms with van der Waals surface area (Å²) in [6, 6.07) is 15.3. The number of hydrogen-bond donors (Lipinski definition) is 2. The van der Waals surface area contributed by atoms with Crippen LogP contribution >= 0.6 is 0 Å². The van der Waals surface area contributed by atoms with Gasteiger partial charge in [0.2, 0.25) is 0 Å². The van der Waals surface area contributed by atoms with Crippen LogP contribution in [0.1, 0.15) is 43.1 Å². The summed E-state index contributed by atoms with van der Waals surface area (Å²) in [6.07, 6.45) is 3.12. The highest BCUT2D eigenvalue weighted by Gasteiger charge is 2.24. The minimum absolute atomic E-state index is 0.0490. The Kier molecular flexibility index (Phi) is 5.21. The van der Waals surface area contributed by atoms with Gasteiger partial charge in [-0.05, 0) is 56.0 Å². The lowest BCUT2D eigenvalue weighted by atomic mass is 10.0. The van der Waals surface area contributed by atoms with Crippen LogP contribution in [0.4, 0.5) is 0 Å². The first-order valence-electron chi connectivity index (χ1n) is 9.70. The van der Waals surface area contributed by atoms with Crippen molar-refractivity contribution >= 4 is 16.9 Å². The third kappa shape index (κ3) is 3.55. The predicted molar refractivity (Wildman–Crippen MR) is 108 cm³/mol. The zero-order chi connectivity index (χ0) is 19.5. The van der Waals surface area contributed by atoms with Crippen molar-refractivity contribution in [3.63, 3.8) is 0 Å². The number of carboxylic acids is 1. The summed E-state index contributed by atoms with van der Waals surface area (Å²) in [5, 5.41) is 13.0. The largest absolute Gasteiger partial charge is 0.481 e. The molecule has 6 nitrogen and oxygen atoms in total. The van der Waals surface area contributed by atoms with Crippen LogP contribution in [-0.2, 0) is 11.2 Å². The Balaban J connectivity index is 1.90. The van der Waals surface area contributed by atoms with Crippen molar-refractivity contribution in [3.05, 3.63) is 70.3 Å². The zero-order valence-corrected chi connectivity index (χ0v) is 15.6. The second kappa shape index (κ2) is 7.94. The molecule has 2 aromatic carbocycles. The maximum atomic E-state index is 13.6. The maximum absolute atomic E-state index is 13.6. The van der Waals surface area contributed by atoms with Crippen molar-refractivity contribution in [2.45, 2.75) is 38.1 Å². The molecule has 1 saturated heterocycles. The molecule has 2 N–H and O–H groups in total. The average molecular weight is 377 g/mol. The van der Waals surface area contributed by atoms with E-state index in [-0.39, 0.29) is 18.0 Å². The SMILES string of the molecule is O=C(O)CCCc1cccc2nc([C@@H]3CCCN3)n(-c3ccccc3)c(=O)c12.